The topological polar surface area (TPSA) is 96.0 Å². The van der Waals surface area contributed by atoms with Crippen LogP contribution in [0.3, 0.4) is 0 Å². The van der Waals surface area contributed by atoms with Crippen molar-refractivity contribution in [3.63, 3.8) is 0 Å². The molecule has 0 saturated carbocycles. The molecule has 0 aromatic heterocycles. The van der Waals surface area contributed by atoms with Crippen LogP contribution in [0.4, 0.5) is 0 Å². The number of hydroxylamine groups is 1. The Hall–Kier alpha value is -3.93. The first-order valence-electron chi connectivity index (χ1n) is 9.31. The van der Waals surface area contributed by atoms with E-state index in [2.05, 4.69) is 0 Å². The summed E-state index contributed by atoms with van der Waals surface area (Å²) in [5, 5.41) is 41.9. The normalized spacial score (nSPS) is 11.7. The molecule has 3 rings (SSSR count). The van der Waals surface area contributed by atoms with Gasteiger partial charge in [-0.3, -0.25) is 0 Å². The van der Waals surface area contributed by atoms with Crippen molar-refractivity contribution in [1.29, 1.82) is 0 Å². The van der Waals surface area contributed by atoms with Gasteiger partial charge in [-0.1, -0.05) is 36.4 Å². The van der Waals surface area contributed by atoms with Crippen molar-refractivity contribution in [2.24, 2.45) is 0 Å². The van der Waals surface area contributed by atoms with E-state index in [1.54, 1.807) is 55.5 Å². The number of ether oxygens (including phenoxy) is 1. The average Bonchev–Trinajstić information content (AvgIpc) is 2.72. The quantitative estimate of drug-likeness (QED) is 0.185. The predicted octanol–water partition coefficient (Wildman–Crippen LogP) is 4.42. The molecule has 0 unspecified atom stereocenters. The fourth-order valence-electron chi connectivity index (χ4n) is 2.90. The molecule has 3 N–H and O–H groups in total. The van der Waals surface area contributed by atoms with Crippen LogP contribution in [0, 0.1) is 12.1 Å². The van der Waals surface area contributed by atoms with Crippen molar-refractivity contribution >= 4 is 18.4 Å². The molecule has 0 heterocycles. The van der Waals surface area contributed by atoms with Gasteiger partial charge in [0.1, 0.15) is 11.5 Å². The lowest BCUT2D eigenvalue weighted by molar-refractivity contribution is -0.469. The SMILES string of the molecule is COc1cc(/C=C/c2ccc(O)c(/C=[N+](/[O-])Cc3ccc(C)c(O)c3)c2)ccc1O. The maximum atomic E-state index is 12.3. The van der Waals surface area contributed by atoms with Gasteiger partial charge in [0.15, 0.2) is 24.3 Å². The third-order valence-corrected chi connectivity index (χ3v) is 4.62. The third kappa shape index (κ3) is 5.11. The van der Waals surface area contributed by atoms with Crippen LogP contribution in [0.2, 0.25) is 0 Å². The number of hydrogen-bond donors (Lipinski definition) is 3. The number of aryl methyl sites for hydroxylation is 1. The molecule has 0 saturated heterocycles. The minimum atomic E-state index is -0.00828. The first kappa shape index (κ1) is 20.8. The van der Waals surface area contributed by atoms with E-state index in [0.717, 1.165) is 16.7 Å². The van der Waals surface area contributed by atoms with Crippen molar-refractivity contribution in [3.8, 4) is 23.0 Å². The summed E-state index contributed by atoms with van der Waals surface area (Å²) < 4.78 is 5.81. The van der Waals surface area contributed by atoms with Crippen molar-refractivity contribution in [3.05, 3.63) is 87.6 Å². The molecule has 6 nitrogen and oxygen atoms in total. The molecule has 3 aromatic carbocycles. The molecule has 6 heteroatoms. The number of methoxy groups -OCH3 is 1. The molecule has 0 aliphatic heterocycles. The summed E-state index contributed by atoms with van der Waals surface area (Å²) in [7, 11) is 1.48. The highest BCUT2D eigenvalue weighted by Gasteiger charge is 2.07. The number of nitrogens with zero attached hydrogens (tertiary/aromatic N) is 1. The van der Waals surface area contributed by atoms with Crippen molar-refractivity contribution in [2.45, 2.75) is 13.5 Å². The molecule has 0 atom stereocenters. The highest BCUT2D eigenvalue weighted by atomic mass is 16.5. The van der Waals surface area contributed by atoms with Crippen LogP contribution in [-0.2, 0) is 6.54 Å². The molecule has 0 aliphatic carbocycles. The zero-order valence-electron chi connectivity index (χ0n) is 16.7. The number of hydrogen-bond acceptors (Lipinski definition) is 5. The van der Waals surface area contributed by atoms with Gasteiger partial charge in [-0.05, 0) is 53.9 Å². The van der Waals surface area contributed by atoms with Crippen LogP contribution in [0.25, 0.3) is 12.2 Å². The van der Waals surface area contributed by atoms with E-state index < -0.39 is 0 Å². The van der Waals surface area contributed by atoms with E-state index in [1.165, 1.54) is 19.4 Å². The first-order chi connectivity index (χ1) is 14.4. The summed E-state index contributed by atoms with van der Waals surface area (Å²) >= 11 is 0. The van der Waals surface area contributed by atoms with Gasteiger partial charge >= 0.3 is 0 Å². The second-order valence-electron chi connectivity index (χ2n) is 6.91. The zero-order chi connectivity index (χ0) is 21.7. The number of phenols is 3. The van der Waals surface area contributed by atoms with Gasteiger partial charge in [-0.15, -0.1) is 0 Å². The second kappa shape index (κ2) is 9.05. The Labute approximate surface area is 174 Å². The highest BCUT2D eigenvalue weighted by Crippen LogP contribution is 2.27. The summed E-state index contributed by atoms with van der Waals surface area (Å²) in [6.45, 7) is 1.83. The maximum absolute atomic E-state index is 12.3. The summed E-state index contributed by atoms with van der Waals surface area (Å²) in [5.41, 5.74) is 3.40. The molecule has 0 spiro atoms. The van der Waals surface area contributed by atoms with E-state index >= 15 is 0 Å². The minimum absolute atomic E-state index is 0.00828. The Morgan fingerprint density at radius 1 is 0.867 bits per heavy atom. The van der Waals surface area contributed by atoms with Gasteiger partial charge in [-0.25, -0.2) is 4.74 Å². The van der Waals surface area contributed by atoms with Gasteiger partial charge in [0, 0.05) is 5.56 Å². The Morgan fingerprint density at radius 3 is 2.20 bits per heavy atom. The van der Waals surface area contributed by atoms with Crippen LogP contribution >= 0.6 is 0 Å². The largest absolute Gasteiger partial charge is 0.624 e. The van der Waals surface area contributed by atoms with Crippen LogP contribution < -0.4 is 4.74 Å². The molecular formula is C24H23NO5. The van der Waals surface area contributed by atoms with Gasteiger partial charge in [0.25, 0.3) is 0 Å². The second-order valence-corrected chi connectivity index (χ2v) is 6.91. The van der Waals surface area contributed by atoms with Gasteiger partial charge in [0.05, 0.1) is 12.7 Å². The van der Waals surface area contributed by atoms with E-state index in [4.69, 9.17) is 4.74 Å². The van der Waals surface area contributed by atoms with E-state index in [0.29, 0.717) is 21.6 Å². The number of aromatic hydroxyl groups is 3. The van der Waals surface area contributed by atoms with Crippen molar-refractivity contribution in [1.82, 2.24) is 0 Å². The maximum Gasteiger partial charge on any atom is 0.185 e. The van der Waals surface area contributed by atoms with E-state index in [-0.39, 0.29) is 23.8 Å². The molecule has 3 aromatic rings. The van der Waals surface area contributed by atoms with Crippen LogP contribution in [0.5, 0.6) is 23.0 Å². The Morgan fingerprint density at radius 2 is 1.53 bits per heavy atom. The fourth-order valence-corrected chi connectivity index (χ4v) is 2.90. The lowest BCUT2D eigenvalue weighted by Gasteiger charge is -2.07. The molecule has 0 bridgehead atoms. The van der Waals surface area contributed by atoms with E-state index in [1.807, 2.05) is 12.2 Å². The van der Waals surface area contributed by atoms with Crippen LogP contribution in [0.1, 0.15) is 27.8 Å². The Bertz CT molecular complexity index is 1120. The molecule has 0 fully saturated rings. The van der Waals surface area contributed by atoms with E-state index in [9.17, 15) is 20.5 Å². The van der Waals surface area contributed by atoms with Gasteiger partial charge in [-0.2, -0.15) is 0 Å². The van der Waals surface area contributed by atoms with Crippen molar-refractivity contribution in [2.75, 3.05) is 7.11 Å². The zero-order valence-corrected chi connectivity index (χ0v) is 16.7. The summed E-state index contributed by atoms with van der Waals surface area (Å²) in [6.07, 6.45) is 4.98. The van der Waals surface area contributed by atoms with Gasteiger partial charge < -0.3 is 25.3 Å². The monoisotopic (exact) mass is 405 g/mol. The van der Waals surface area contributed by atoms with Gasteiger partial charge in [0.2, 0.25) is 0 Å². The average molecular weight is 405 g/mol. The number of phenolic OH excluding ortho intramolecular Hbond substituents is 3. The predicted molar refractivity (Wildman–Crippen MR) is 117 cm³/mol. The summed E-state index contributed by atoms with van der Waals surface area (Å²) in [6, 6.07) is 15.0. The van der Waals surface area contributed by atoms with Crippen LogP contribution in [-0.4, -0.2) is 33.4 Å². The lowest BCUT2D eigenvalue weighted by atomic mass is 10.1. The standard InChI is InChI=1S/C24H23NO5/c1-16-3-4-19(12-23(16)28)14-25(29)15-20-11-17(7-9-21(20)26)5-6-18-8-10-22(27)24(13-18)30-2/h3-13,15,26-28H,14H2,1-2H3/b6-5+,25-15+. The molecule has 0 amide bonds. The number of rotatable bonds is 6. The molecule has 0 aliphatic rings. The molecule has 154 valence electrons. The number of benzene rings is 3. The lowest BCUT2D eigenvalue weighted by Crippen LogP contribution is -2.06. The first-order valence-corrected chi connectivity index (χ1v) is 9.31. The summed E-state index contributed by atoms with van der Waals surface area (Å²) in [5.74, 6) is 0.572. The third-order valence-electron chi connectivity index (χ3n) is 4.62. The highest BCUT2D eigenvalue weighted by molar-refractivity contribution is 5.82. The minimum Gasteiger partial charge on any atom is -0.624 e. The smallest absolute Gasteiger partial charge is 0.185 e. The Kier molecular flexibility index (Phi) is 6.27. The Balaban J connectivity index is 1.80. The molecule has 0 radical (unpaired) electrons. The molecule has 30 heavy (non-hydrogen) atoms. The summed E-state index contributed by atoms with van der Waals surface area (Å²) in [4.78, 5) is 0. The van der Waals surface area contributed by atoms with Crippen LogP contribution in [0.15, 0.2) is 54.6 Å². The van der Waals surface area contributed by atoms with Crippen molar-refractivity contribution < 1.29 is 24.8 Å². The fraction of sp³-hybridized carbons (Fsp3) is 0.125. The molecular weight excluding hydrogens is 382 g/mol.